The third kappa shape index (κ3) is 5.43. The minimum atomic E-state index is 0.657. The molecule has 0 N–H and O–H groups in total. The van der Waals surface area contributed by atoms with Gasteiger partial charge in [0.15, 0.2) is 0 Å². The number of para-hydroxylation sites is 2. The minimum Gasteiger partial charge on any atom is -0.336 e. The number of hydrogen-bond acceptors (Lipinski definition) is 4. The molecule has 9 rings (SSSR count). The van der Waals surface area contributed by atoms with Crippen LogP contribution in [0.5, 0.6) is 0 Å². The zero-order valence-electron chi connectivity index (χ0n) is 26.4. The third-order valence-corrected chi connectivity index (χ3v) is 12.1. The Labute approximate surface area is 315 Å². The van der Waals surface area contributed by atoms with E-state index in [2.05, 4.69) is 200 Å². The van der Waals surface area contributed by atoms with E-state index in [-0.39, 0.29) is 0 Å². The Morgan fingerprint density at radius 2 is 1.29 bits per heavy atom. The highest BCUT2D eigenvalue weighted by Gasteiger charge is 2.27. The van der Waals surface area contributed by atoms with Gasteiger partial charge in [-0.1, -0.05) is 93.9 Å². The molecular formula is C42H28I2N4S. The molecule has 0 saturated heterocycles. The molecule has 0 amide bonds. The van der Waals surface area contributed by atoms with Gasteiger partial charge in [0.25, 0.3) is 0 Å². The molecule has 6 aromatic carbocycles. The van der Waals surface area contributed by atoms with Gasteiger partial charge in [0.1, 0.15) is 0 Å². The van der Waals surface area contributed by atoms with Crippen LogP contribution >= 0.6 is 52.7 Å². The van der Waals surface area contributed by atoms with E-state index in [0.29, 0.717) is 5.95 Å². The third-order valence-electron chi connectivity index (χ3n) is 9.42. The van der Waals surface area contributed by atoms with E-state index >= 15 is 0 Å². The van der Waals surface area contributed by atoms with Crippen molar-refractivity contribution in [3.8, 4) is 39.6 Å². The molecular weight excluding hydrogens is 846 g/mol. The second-order valence-corrected chi connectivity index (χ2v) is 15.5. The van der Waals surface area contributed by atoms with Gasteiger partial charge >= 0.3 is 0 Å². The van der Waals surface area contributed by atoms with Gasteiger partial charge in [-0.05, 0) is 101 Å². The molecule has 0 radical (unpaired) electrons. The normalized spacial score (nSPS) is 12.3. The molecule has 49 heavy (non-hydrogen) atoms. The summed E-state index contributed by atoms with van der Waals surface area (Å²) in [7, 11) is 1.71. The first-order valence-corrected chi connectivity index (χ1v) is 20.5. The highest BCUT2D eigenvalue weighted by Crippen LogP contribution is 2.47. The summed E-state index contributed by atoms with van der Waals surface area (Å²) in [4.78, 5) is 14.3. The van der Waals surface area contributed by atoms with Crippen LogP contribution in [-0.2, 0) is 6.54 Å². The molecule has 1 aliphatic rings. The Balaban J connectivity index is 1.34. The zero-order valence-corrected chi connectivity index (χ0v) is 31.6. The van der Waals surface area contributed by atoms with E-state index in [1.165, 1.54) is 52.9 Å². The van der Waals surface area contributed by atoms with Gasteiger partial charge in [0.05, 0.1) is 28.1 Å². The van der Waals surface area contributed by atoms with Gasteiger partial charge in [-0.2, -0.15) is 0 Å². The Hall–Kier alpha value is -4.19. The standard InChI is InChI=1S/C42H28I2N4S/c1-26-8-2-6-12-38(26)47-25-29-9-3-4-10-32(29)34-23-41-35(22-40(34)47)33-11-5-7-13-39(33)48(41)42-45-36(27-14-18-30(43)19-15-27)24-37(46-42)28-16-20-31(49-44)21-17-28/h2-24H,25H2,1H3. The monoisotopic (exact) mass is 874 g/mol. The fraction of sp³-hybridized carbons (Fsp3) is 0.0476. The molecule has 0 fully saturated rings. The van der Waals surface area contributed by atoms with Crippen molar-refractivity contribution in [3.05, 3.63) is 154 Å². The van der Waals surface area contributed by atoms with Crippen LogP contribution in [-0.4, -0.2) is 14.5 Å². The molecule has 0 atom stereocenters. The smallest absolute Gasteiger partial charge is 0.235 e. The SMILES string of the molecule is Cc1ccccc1N1Cc2ccccc2-c2cc3c(cc21)c1ccccc1n3-c1nc(-c2ccc(I)cc2)cc(-c2ccc(SI)cc2)n1. The average Bonchev–Trinajstić information content (AvgIpc) is 3.47. The number of halogens is 2. The fourth-order valence-electron chi connectivity index (χ4n) is 7.04. The van der Waals surface area contributed by atoms with Crippen LogP contribution in [0, 0.1) is 10.5 Å². The van der Waals surface area contributed by atoms with Crippen LogP contribution in [0.3, 0.4) is 0 Å². The summed E-state index contributed by atoms with van der Waals surface area (Å²) in [6.07, 6.45) is 0. The van der Waals surface area contributed by atoms with Crippen molar-refractivity contribution >= 4 is 85.9 Å². The van der Waals surface area contributed by atoms with Crippen molar-refractivity contribution in [2.45, 2.75) is 18.4 Å². The molecule has 7 heteroatoms. The maximum atomic E-state index is 5.31. The van der Waals surface area contributed by atoms with E-state index in [0.717, 1.165) is 40.1 Å². The molecule has 0 saturated carbocycles. The van der Waals surface area contributed by atoms with Crippen LogP contribution in [0.1, 0.15) is 11.1 Å². The fourth-order valence-corrected chi connectivity index (χ4v) is 8.52. The number of hydrogen-bond donors (Lipinski definition) is 0. The first kappa shape index (κ1) is 30.8. The maximum Gasteiger partial charge on any atom is 0.235 e. The van der Waals surface area contributed by atoms with E-state index < -0.39 is 0 Å². The predicted molar refractivity (Wildman–Crippen MR) is 222 cm³/mol. The molecule has 4 nitrogen and oxygen atoms in total. The molecule has 0 bridgehead atoms. The van der Waals surface area contributed by atoms with Crippen LogP contribution in [0.25, 0.3) is 61.4 Å². The van der Waals surface area contributed by atoms with Crippen molar-refractivity contribution < 1.29 is 0 Å². The molecule has 1 aliphatic heterocycles. The number of nitrogens with zero attached hydrogens (tertiary/aromatic N) is 4. The van der Waals surface area contributed by atoms with E-state index in [9.17, 15) is 0 Å². The molecule has 0 spiro atoms. The summed E-state index contributed by atoms with van der Waals surface area (Å²) < 4.78 is 3.45. The Morgan fingerprint density at radius 3 is 2.04 bits per heavy atom. The van der Waals surface area contributed by atoms with Crippen molar-refractivity contribution in [1.82, 2.24) is 14.5 Å². The molecule has 8 aromatic rings. The second-order valence-electron chi connectivity index (χ2n) is 12.3. The van der Waals surface area contributed by atoms with Gasteiger partial charge in [-0.3, -0.25) is 4.57 Å². The average molecular weight is 875 g/mol. The number of anilines is 2. The quantitative estimate of drug-likeness (QED) is 0.161. The summed E-state index contributed by atoms with van der Waals surface area (Å²) in [5.74, 6) is 0.657. The topological polar surface area (TPSA) is 34.0 Å². The highest BCUT2D eigenvalue weighted by atomic mass is 127. The van der Waals surface area contributed by atoms with Crippen molar-refractivity contribution in [1.29, 1.82) is 0 Å². The van der Waals surface area contributed by atoms with Crippen molar-refractivity contribution in [2.24, 2.45) is 0 Å². The van der Waals surface area contributed by atoms with Crippen LogP contribution in [0.15, 0.2) is 144 Å². The van der Waals surface area contributed by atoms with Gasteiger partial charge in [0.2, 0.25) is 5.95 Å². The Bertz CT molecular complexity index is 2540. The summed E-state index contributed by atoms with van der Waals surface area (Å²) in [5, 5.41) is 2.36. The number of fused-ring (bicyclic) bond motifs is 6. The van der Waals surface area contributed by atoms with Crippen LogP contribution in [0.2, 0.25) is 0 Å². The van der Waals surface area contributed by atoms with Gasteiger partial charge in [-0.15, -0.1) is 0 Å². The molecule has 0 aliphatic carbocycles. The summed E-state index contributed by atoms with van der Waals surface area (Å²) in [6.45, 7) is 3.02. The summed E-state index contributed by atoms with van der Waals surface area (Å²) >= 11 is 4.68. The lowest BCUT2D eigenvalue weighted by molar-refractivity contribution is 0.955. The number of benzene rings is 6. The molecule has 3 heterocycles. The molecule has 0 unspecified atom stereocenters. The van der Waals surface area contributed by atoms with Gasteiger partial charge in [0, 0.05) is 69.4 Å². The van der Waals surface area contributed by atoms with E-state index in [1.807, 2.05) is 0 Å². The highest BCUT2D eigenvalue weighted by molar-refractivity contribution is 14.2. The zero-order chi connectivity index (χ0) is 33.1. The summed E-state index contributed by atoms with van der Waals surface area (Å²) in [6, 6.07) is 50.2. The number of rotatable bonds is 5. The maximum absolute atomic E-state index is 5.31. The Kier molecular flexibility index (Phi) is 7.93. The molecule has 236 valence electrons. The van der Waals surface area contributed by atoms with Crippen molar-refractivity contribution in [3.63, 3.8) is 0 Å². The Morgan fingerprint density at radius 1 is 0.612 bits per heavy atom. The number of aryl methyl sites for hydroxylation is 1. The first-order chi connectivity index (χ1) is 24.1. The largest absolute Gasteiger partial charge is 0.336 e. The minimum absolute atomic E-state index is 0.657. The van der Waals surface area contributed by atoms with Gasteiger partial charge < -0.3 is 4.90 Å². The van der Waals surface area contributed by atoms with Gasteiger partial charge in [-0.25, -0.2) is 9.97 Å². The van der Waals surface area contributed by atoms with Crippen LogP contribution in [0.4, 0.5) is 11.4 Å². The van der Waals surface area contributed by atoms with E-state index in [1.54, 1.807) is 8.93 Å². The lowest BCUT2D eigenvalue weighted by Crippen LogP contribution is -2.22. The lowest BCUT2D eigenvalue weighted by atomic mass is 9.91. The summed E-state index contributed by atoms with van der Waals surface area (Å²) in [5.41, 5.74) is 13.6. The van der Waals surface area contributed by atoms with E-state index in [4.69, 9.17) is 9.97 Å². The van der Waals surface area contributed by atoms with Crippen molar-refractivity contribution in [2.75, 3.05) is 4.90 Å². The number of aromatic nitrogens is 3. The second kappa shape index (κ2) is 12.6. The predicted octanol–water partition coefficient (Wildman–Crippen LogP) is 12.6. The molecule has 2 aromatic heterocycles. The first-order valence-electron chi connectivity index (χ1n) is 16.1. The van der Waals surface area contributed by atoms with Crippen LogP contribution < -0.4 is 4.90 Å². The lowest BCUT2D eigenvalue weighted by Gasteiger charge is -2.34.